The second-order valence-electron chi connectivity index (χ2n) is 5.62. The van der Waals surface area contributed by atoms with Crippen LogP contribution in [0.3, 0.4) is 0 Å². The van der Waals surface area contributed by atoms with Crippen molar-refractivity contribution in [1.29, 1.82) is 0 Å². The van der Waals surface area contributed by atoms with Gasteiger partial charge in [-0.15, -0.1) is 0 Å². The molecule has 0 spiro atoms. The second-order valence-corrected chi connectivity index (χ2v) is 5.62. The van der Waals surface area contributed by atoms with Crippen LogP contribution in [0.15, 0.2) is 24.4 Å². The number of hydrogen-bond acceptors (Lipinski definition) is 4. The summed E-state index contributed by atoms with van der Waals surface area (Å²) in [5.41, 5.74) is 5.45. The number of aromatic nitrogens is 1. The maximum atomic E-state index is 11.9. The van der Waals surface area contributed by atoms with Crippen LogP contribution in [-0.2, 0) is 4.79 Å². The van der Waals surface area contributed by atoms with Crippen molar-refractivity contribution < 1.29 is 4.79 Å². The molecule has 3 N–H and O–H groups in total. The van der Waals surface area contributed by atoms with E-state index in [2.05, 4.69) is 15.2 Å². The van der Waals surface area contributed by atoms with Gasteiger partial charge in [-0.3, -0.25) is 4.79 Å². The van der Waals surface area contributed by atoms with E-state index in [0.29, 0.717) is 19.0 Å². The van der Waals surface area contributed by atoms with Crippen LogP contribution in [0.25, 0.3) is 0 Å². The van der Waals surface area contributed by atoms with E-state index in [1.165, 1.54) is 0 Å². The first-order chi connectivity index (χ1) is 10.3. The molecular formula is C16H26N4O. The number of carbonyl (C=O) groups excluding carboxylic acids is 1. The minimum atomic E-state index is 0.184. The molecule has 1 amide bonds. The van der Waals surface area contributed by atoms with E-state index in [1.54, 1.807) is 0 Å². The fraction of sp³-hybridized carbons (Fsp3) is 0.625. The molecule has 2 heterocycles. The molecule has 1 aliphatic rings. The lowest BCUT2D eigenvalue weighted by Crippen LogP contribution is -2.44. The summed E-state index contributed by atoms with van der Waals surface area (Å²) < 4.78 is 0. The average molecular weight is 290 g/mol. The molecule has 0 unspecified atom stereocenters. The van der Waals surface area contributed by atoms with Crippen LogP contribution in [0.5, 0.6) is 0 Å². The van der Waals surface area contributed by atoms with Crippen LogP contribution < -0.4 is 16.0 Å². The predicted octanol–water partition coefficient (Wildman–Crippen LogP) is 1.69. The summed E-state index contributed by atoms with van der Waals surface area (Å²) in [4.78, 5) is 18.5. The molecule has 1 aromatic rings. The third kappa shape index (κ3) is 5.34. The van der Waals surface area contributed by atoms with E-state index >= 15 is 0 Å². The number of nitrogens with two attached hydrogens (primary N) is 1. The van der Waals surface area contributed by atoms with Crippen LogP contribution >= 0.6 is 0 Å². The summed E-state index contributed by atoms with van der Waals surface area (Å²) in [5.74, 6) is 1.22. The van der Waals surface area contributed by atoms with Crippen molar-refractivity contribution in [2.45, 2.75) is 44.6 Å². The van der Waals surface area contributed by atoms with Gasteiger partial charge in [0.05, 0.1) is 0 Å². The maximum Gasteiger partial charge on any atom is 0.220 e. The number of piperidine rings is 1. The van der Waals surface area contributed by atoms with Crippen molar-refractivity contribution in [2.75, 3.05) is 24.5 Å². The molecule has 0 atom stereocenters. The Morgan fingerprint density at radius 3 is 2.76 bits per heavy atom. The van der Waals surface area contributed by atoms with Crippen LogP contribution in [0.2, 0.25) is 0 Å². The number of nitrogens with zero attached hydrogens (tertiary/aromatic N) is 2. The molecule has 0 saturated carbocycles. The molecule has 1 aliphatic heterocycles. The molecule has 0 bridgehead atoms. The molecule has 0 aromatic carbocycles. The highest BCUT2D eigenvalue weighted by atomic mass is 16.1. The number of unbranched alkanes of at least 4 members (excludes halogenated alkanes) is 2. The number of hydrogen-bond donors (Lipinski definition) is 2. The summed E-state index contributed by atoms with van der Waals surface area (Å²) in [6, 6.07) is 6.29. The van der Waals surface area contributed by atoms with Crippen molar-refractivity contribution >= 4 is 11.7 Å². The Kier molecular flexibility index (Phi) is 6.47. The first-order valence-corrected chi connectivity index (χ1v) is 7.95. The highest BCUT2D eigenvalue weighted by molar-refractivity contribution is 5.76. The molecule has 21 heavy (non-hydrogen) atoms. The van der Waals surface area contributed by atoms with Gasteiger partial charge >= 0.3 is 0 Å². The van der Waals surface area contributed by atoms with Gasteiger partial charge in [0.2, 0.25) is 5.91 Å². The van der Waals surface area contributed by atoms with Gasteiger partial charge in [0.25, 0.3) is 0 Å². The first kappa shape index (κ1) is 15.8. The Morgan fingerprint density at radius 1 is 1.29 bits per heavy atom. The molecule has 1 fully saturated rings. The molecule has 0 radical (unpaired) electrons. The molecule has 0 aliphatic carbocycles. The fourth-order valence-corrected chi connectivity index (χ4v) is 2.70. The summed E-state index contributed by atoms with van der Waals surface area (Å²) >= 11 is 0. The summed E-state index contributed by atoms with van der Waals surface area (Å²) in [6.07, 6.45) is 7.43. The van der Waals surface area contributed by atoms with Gasteiger partial charge in [-0.2, -0.15) is 0 Å². The fourth-order valence-electron chi connectivity index (χ4n) is 2.70. The number of carbonyl (C=O) groups is 1. The van der Waals surface area contributed by atoms with Gasteiger partial charge in [0.15, 0.2) is 0 Å². The van der Waals surface area contributed by atoms with Crippen LogP contribution in [0.1, 0.15) is 38.5 Å². The van der Waals surface area contributed by atoms with Crippen LogP contribution in [0, 0.1) is 0 Å². The third-order valence-electron chi connectivity index (χ3n) is 3.94. The predicted molar refractivity (Wildman–Crippen MR) is 85.1 cm³/mol. The van der Waals surface area contributed by atoms with Crippen molar-refractivity contribution in [3.05, 3.63) is 24.4 Å². The van der Waals surface area contributed by atoms with E-state index < -0.39 is 0 Å². The smallest absolute Gasteiger partial charge is 0.220 e. The van der Waals surface area contributed by atoms with Gasteiger partial charge in [0, 0.05) is 31.7 Å². The van der Waals surface area contributed by atoms with E-state index in [1.807, 2.05) is 24.4 Å². The summed E-state index contributed by atoms with van der Waals surface area (Å²) in [5, 5.41) is 3.15. The lowest BCUT2D eigenvalue weighted by molar-refractivity contribution is -0.122. The zero-order valence-corrected chi connectivity index (χ0v) is 12.6. The lowest BCUT2D eigenvalue weighted by Gasteiger charge is -2.33. The van der Waals surface area contributed by atoms with Crippen LogP contribution in [-0.4, -0.2) is 36.6 Å². The second kappa shape index (κ2) is 8.62. The number of pyridine rings is 1. The highest BCUT2D eigenvalue weighted by Gasteiger charge is 2.21. The SMILES string of the molecule is NCCCCCC(=O)NC1CCN(c2ccccn2)CC1. The Bertz CT molecular complexity index is 416. The normalized spacial score (nSPS) is 16.0. The summed E-state index contributed by atoms with van der Waals surface area (Å²) in [6.45, 7) is 2.62. The first-order valence-electron chi connectivity index (χ1n) is 7.95. The molecular weight excluding hydrogens is 264 g/mol. The zero-order valence-electron chi connectivity index (χ0n) is 12.6. The molecule has 5 nitrogen and oxygen atoms in total. The zero-order chi connectivity index (χ0) is 14.9. The number of anilines is 1. The molecule has 1 saturated heterocycles. The van der Waals surface area contributed by atoms with Crippen molar-refractivity contribution in [3.63, 3.8) is 0 Å². The van der Waals surface area contributed by atoms with E-state index in [-0.39, 0.29) is 5.91 Å². The van der Waals surface area contributed by atoms with E-state index in [4.69, 9.17) is 5.73 Å². The lowest BCUT2D eigenvalue weighted by atomic mass is 10.0. The van der Waals surface area contributed by atoms with Gasteiger partial charge in [-0.25, -0.2) is 4.98 Å². The quantitative estimate of drug-likeness (QED) is 0.750. The van der Waals surface area contributed by atoms with Gasteiger partial charge in [0.1, 0.15) is 5.82 Å². The van der Waals surface area contributed by atoms with Crippen molar-refractivity contribution in [3.8, 4) is 0 Å². The monoisotopic (exact) mass is 290 g/mol. The highest BCUT2D eigenvalue weighted by Crippen LogP contribution is 2.17. The molecule has 116 valence electrons. The van der Waals surface area contributed by atoms with E-state index in [9.17, 15) is 4.79 Å². The van der Waals surface area contributed by atoms with Gasteiger partial charge in [-0.1, -0.05) is 12.5 Å². The van der Waals surface area contributed by atoms with Gasteiger partial charge < -0.3 is 16.0 Å². The topological polar surface area (TPSA) is 71.2 Å². The third-order valence-corrected chi connectivity index (χ3v) is 3.94. The van der Waals surface area contributed by atoms with Gasteiger partial charge in [-0.05, 0) is 44.4 Å². The van der Waals surface area contributed by atoms with Crippen molar-refractivity contribution in [2.24, 2.45) is 5.73 Å². The van der Waals surface area contributed by atoms with E-state index in [0.717, 1.165) is 51.0 Å². The Hall–Kier alpha value is -1.62. The summed E-state index contributed by atoms with van der Waals surface area (Å²) in [7, 11) is 0. The van der Waals surface area contributed by atoms with Crippen molar-refractivity contribution in [1.82, 2.24) is 10.3 Å². The Balaban J connectivity index is 1.66. The maximum absolute atomic E-state index is 11.9. The number of rotatable bonds is 7. The largest absolute Gasteiger partial charge is 0.356 e. The number of amides is 1. The standard InChI is InChI=1S/C16H26N4O/c17-10-4-1-2-7-16(21)19-14-8-12-20(13-9-14)15-6-3-5-11-18-15/h3,5-6,11,14H,1-2,4,7-10,12-13,17H2,(H,19,21). The average Bonchev–Trinajstić information content (AvgIpc) is 2.53. The molecule has 5 heteroatoms. The molecule has 1 aromatic heterocycles. The minimum absolute atomic E-state index is 0.184. The Morgan fingerprint density at radius 2 is 2.10 bits per heavy atom. The molecule has 2 rings (SSSR count). The van der Waals surface area contributed by atoms with Crippen LogP contribution in [0.4, 0.5) is 5.82 Å². The Labute approximate surface area is 126 Å². The number of nitrogens with one attached hydrogen (secondary N) is 1. The minimum Gasteiger partial charge on any atom is -0.356 e.